The molecule has 1 heterocycles. The molecule has 1 saturated heterocycles. The van der Waals surface area contributed by atoms with Crippen molar-refractivity contribution in [1.29, 1.82) is 0 Å². The molecule has 0 aliphatic carbocycles. The fourth-order valence-electron chi connectivity index (χ4n) is 1.58. The molecule has 15 heavy (non-hydrogen) atoms. The normalized spacial score (nSPS) is 21.9. The minimum Gasteiger partial charge on any atom is -0.443 e. The van der Waals surface area contributed by atoms with Crippen LogP contribution < -0.4 is 5.32 Å². The second-order valence-electron chi connectivity index (χ2n) is 3.53. The molecule has 1 aromatic carbocycles. The molecule has 1 amide bonds. The van der Waals surface area contributed by atoms with Crippen molar-refractivity contribution in [2.75, 3.05) is 6.54 Å². The average molecular weight is 226 g/mol. The van der Waals surface area contributed by atoms with Crippen molar-refractivity contribution in [2.45, 2.75) is 17.9 Å². The van der Waals surface area contributed by atoms with E-state index in [9.17, 15) is 4.79 Å². The third-order valence-corrected chi connectivity index (χ3v) is 2.82. The van der Waals surface area contributed by atoms with Crippen molar-refractivity contribution in [3.05, 3.63) is 35.9 Å². The Bertz CT molecular complexity index is 342. The lowest BCUT2D eigenvalue weighted by Crippen LogP contribution is -2.26. The first-order chi connectivity index (χ1) is 7.25. The number of amides is 1. The highest BCUT2D eigenvalue weighted by Gasteiger charge is 2.29. The van der Waals surface area contributed by atoms with E-state index in [-0.39, 0.29) is 17.6 Å². The zero-order valence-corrected chi connectivity index (χ0v) is 8.91. The molecule has 4 heteroatoms. The molecule has 2 atom stereocenters. The minimum atomic E-state index is -0.376. The summed E-state index contributed by atoms with van der Waals surface area (Å²) in [6.07, 6.45) is 0.111. The van der Waals surface area contributed by atoms with E-state index in [1.165, 1.54) is 0 Å². The van der Waals surface area contributed by atoms with Crippen LogP contribution in [0.25, 0.3) is 0 Å². The van der Waals surface area contributed by atoms with E-state index in [1.807, 2.05) is 30.3 Å². The van der Waals surface area contributed by atoms with Crippen LogP contribution in [0.3, 0.4) is 0 Å². The monoisotopic (exact) mass is 225 g/mol. The van der Waals surface area contributed by atoms with Crippen LogP contribution in [0.4, 0.5) is 4.79 Å². The van der Waals surface area contributed by atoms with Crippen molar-refractivity contribution in [3.63, 3.8) is 0 Å². The molecule has 3 nitrogen and oxygen atoms in total. The third kappa shape index (κ3) is 2.63. The summed E-state index contributed by atoms with van der Waals surface area (Å²) < 4.78 is 5.01. The van der Waals surface area contributed by atoms with Crippen LogP contribution in [0.5, 0.6) is 0 Å². The molecule has 1 aliphatic heterocycles. The number of carbonyl (C=O) groups excluding carboxylic acids is 1. The van der Waals surface area contributed by atoms with Crippen LogP contribution in [0.15, 0.2) is 30.3 Å². The van der Waals surface area contributed by atoms with E-state index < -0.39 is 0 Å². The maximum Gasteiger partial charge on any atom is 0.407 e. The van der Waals surface area contributed by atoms with Gasteiger partial charge in [0.1, 0.15) is 6.10 Å². The Morgan fingerprint density at radius 2 is 2.20 bits per heavy atom. The van der Waals surface area contributed by atoms with Crippen molar-refractivity contribution < 1.29 is 9.53 Å². The summed E-state index contributed by atoms with van der Waals surface area (Å²) in [5.41, 5.74) is 1.15. The van der Waals surface area contributed by atoms with Gasteiger partial charge in [-0.15, -0.1) is 11.6 Å². The van der Waals surface area contributed by atoms with E-state index in [0.29, 0.717) is 13.0 Å². The van der Waals surface area contributed by atoms with Gasteiger partial charge in [-0.1, -0.05) is 30.3 Å². The smallest absolute Gasteiger partial charge is 0.407 e. The van der Waals surface area contributed by atoms with E-state index in [4.69, 9.17) is 16.3 Å². The summed E-state index contributed by atoms with van der Waals surface area (Å²) in [6.45, 7) is 0.500. The first-order valence-corrected chi connectivity index (χ1v) is 5.32. The van der Waals surface area contributed by atoms with Crippen LogP contribution in [-0.2, 0) is 11.2 Å². The highest BCUT2D eigenvalue weighted by molar-refractivity contribution is 6.21. The first kappa shape index (κ1) is 10.3. The molecule has 0 unspecified atom stereocenters. The summed E-state index contributed by atoms with van der Waals surface area (Å²) in [5, 5.41) is 2.42. The number of rotatable bonds is 3. The van der Waals surface area contributed by atoms with Gasteiger partial charge in [0.05, 0.1) is 11.9 Å². The second kappa shape index (κ2) is 4.53. The third-order valence-electron chi connectivity index (χ3n) is 2.38. The summed E-state index contributed by atoms with van der Waals surface area (Å²) in [5.74, 6) is 0. The van der Waals surface area contributed by atoms with Crippen LogP contribution in [0.1, 0.15) is 5.56 Å². The number of cyclic esters (lactones) is 1. The molecule has 0 bridgehead atoms. The lowest BCUT2D eigenvalue weighted by Gasteiger charge is -2.14. The Morgan fingerprint density at radius 3 is 2.80 bits per heavy atom. The zero-order chi connectivity index (χ0) is 10.7. The molecular formula is C11H12ClNO2. The standard InChI is InChI=1S/C11H12ClNO2/c12-9(10-7-13-11(14)15-10)6-8-4-2-1-3-5-8/h1-5,9-10H,6-7H2,(H,13,14)/t9-,10-/m0/s1. The lowest BCUT2D eigenvalue weighted by molar-refractivity contribution is 0.137. The summed E-state index contributed by atoms with van der Waals surface area (Å²) >= 11 is 6.17. The largest absolute Gasteiger partial charge is 0.443 e. The maximum atomic E-state index is 10.8. The van der Waals surface area contributed by atoms with Crippen molar-refractivity contribution in [1.82, 2.24) is 5.32 Å². The molecule has 0 radical (unpaired) electrons. The predicted octanol–water partition coefficient (Wildman–Crippen LogP) is 1.94. The van der Waals surface area contributed by atoms with Crippen molar-refractivity contribution in [3.8, 4) is 0 Å². The van der Waals surface area contributed by atoms with Crippen molar-refractivity contribution in [2.24, 2.45) is 0 Å². The molecule has 0 spiro atoms. The number of hydrogen-bond acceptors (Lipinski definition) is 2. The Labute approximate surface area is 93.4 Å². The van der Waals surface area contributed by atoms with Crippen LogP contribution in [0.2, 0.25) is 0 Å². The SMILES string of the molecule is O=C1NC[C@@H]([C@@H](Cl)Cc2ccccc2)O1. The summed E-state index contributed by atoms with van der Waals surface area (Å²) in [6, 6.07) is 9.93. The van der Waals surface area contributed by atoms with Gasteiger partial charge in [-0.2, -0.15) is 0 Å². The number of halogens is 1. The number of alkyl halides is 1. The zero-order valence-electron chi connectivity index (χ0n) is 8.15. The van der Waals surface area contributed by atoms with Gasteiger partial charge in [-0.25, -0.2) is 4.79 Å². The molecule has 0 aromatic heterocycles. The number of ether oxygens (including phenoxy) is 1. The quantitative estimate of drug-likeness (QED) is 0.799. The Balaban J connectivity index is 1.92. The number of carbonyl (C=O) groups is 1. The molecule has 1 aliphatic rings. The predicted molar refractivity (Wildman–Crippen MR) is 58.1 cm³/mol. The molecule has 0 saturated carbocycles. The Morgan fingerprint density at radius 1 is 1.47 bits per heavy atom. The number of hydrogen-bond donors (Lipinski definition) is 1. The van der Waals surface area contributed by atoms with Gasteiger partial charge in [0, 0.05) is 0 Å². The van der Waals surface area contributed by atoms with Gasteiger partial charge >= 0.3 is 6.09 Å². The Kier molecular flexibility index (Phi) is 3.11. The second-order valence-corrected chi connectivity index (χ2v) is 4.09. The van der Waals surface area contributed by atoms with Crippen LogP contribution in [-0.4, -0.2) is 24.1 Å². The fourth-order valence-corrected chi connectivity index (χ4v) is 1.90. The molecule has 80 valence electrons. The van der Waals surface area contributed by atoms with E-state index >= 15 is 0 Å². The van der Waals surface area contributed by atoms with Gasteiger partial charge in [-0.05, 0) is 12.0 Å². The van der Waals surface area contributed by atoms with Crippen LogP contribution in [0, 0.1) is 0 Å². The molecule has 1 N–H and O–H groups in total. The van der Waals surface area contributed by atoms with Gasteiger partial charge in [0.25, 0.3) is 0 Å². The molecule has 1 aromatic rings. The topological polar surface area (TPSA) is 38.3 Å². The number of alkyl carbamates (subject to hydrolysis) is 1. The number of nitrogens with one attached hydrogen (secondary N) is 1. The van der Waals surface area contributed by atoms with E-state index in [2.05, 4.69) is 5.32 Å². The van der Waals surface area contributed by atoms with Crippen molar-refractivity contribution >= 4 is 17.7 Å². The molecular weight excluding hydrogens is 214 g/mol. The maximum absolute atomic E-state index is 10.8. The molecule has 1 fully saturated rings. The van der Waals surface area contributed by atoms with Crippen LogP contribution >= 0.6 is 11.6 Å². The number of benzene rings is 1. The summed E-state index contributed by atoms with van der Waals surface area (Å²) in [7, 11) is 0. The minimum absolute atomic E-state index is 0.175. The van der Waals surface area contributed by atoms with Gasteiger partial charge in [0.2, 0.25) is 0 Å². The fraction of sp³-hybridized carbons (Fsp3) is 0.364. The van der Waals surface area contributed by atoms with Gasteiger partial charge in [-0.3, -0.25) is 0 Å². The summed E-state index contributed by atoms with van der Waals surface area (Å²) in [4.78, 5) is 10.8. The Hall–Kier alpha value is -1.22. The molecule has 2 rings (SSSR count). The lowest BCUT2D eigenvalue weighted by atomic mass is 10.1. The highest BCUT2D eigenvalue weighted by atomic mass is 35.5. The van der Waals surface area contributed by atoms with Gasteiger partial charge in [0.15, 0.2) is 0 Å². The highest BCUT2D eigenvalue weighted by Crippen LogP contribution is 2.16. The van der Waals surface area contributed by atoms with E-state index in [0.717, 1.165) is 5.56 Å². The van der Waals surface area contributed by atoms with E-state index in [1.54, 1.807) is 0 Å². The first-order valence-electron chi connectivity index (χ1n) is 4.88. The average Bonchev–Trinajstić information content (AvgIpc) is 2.66. The van der Waals surface area contributed by atoms with Gasteiger partial charge < -0.3 is 10.1 Å².